The first-order chi connectivity index (χ1) is 11.1. The Balaban J connectivity index is 2.11. The van der Waals surface area contributed by atoms with Crippen molar-refractivity contribution in [3.63, 3.8) is 0 Å². The van der Waals surface area contributed by atoms with Crippen LogP contribution in [0.1, 0.15) is 55.3 Å². The summed E-state index contributed by atoms with van der Waals surface area (Å²) in [4.78, 5) is 12.6. The second-order valence-electron chi connectivity index (χ2n) is 7.43. The van der Waals surface area contributed by atoms with E-state index in [1.54, 1.807) is 12.1 Å². The van der Waals surface area contributed by atoms with Crippen molar-refractivity contribution in [3.05, 3.63) is 29.0 Å². The van der Waals surface area contributed by atoms with Gasteiger partial charge in [0, 0.05) is 18.2 Å². The van der Waals surface area contributed by atoms with Crippen molar-refractivity contribution in [2.24, 2.45) is 5.41 Å². The third kappa shape index (κ3) is 3.07. The van der Waals surface area contributed by atoms with Gasteiger partial charge in [-0.3, -0.25) is 9.52 Å². The highest BCUT2D eigenvalue weighted by atomic mass is 32.2. The number of rotatable bonds is 4. The van der Waals surface area contributed by atoms with E-state index in [0.717, 1.165) is 5.56 Å². The van der Waals surface area contributed by atoms with Crippen LogP contribution < -0.4 is 4.72 Å². The first-order valence-corrected chi connectivity index (χ1v) is 9.87. The van der Waals surface area contributed by atoms with Crippen molar-refractivity contribution >= 4 is 32.5 Å². The van der Waals surface area contributed by atoms with E-state index in [1.807, 2.05) is 13.8 Å². The number of sulfonamides is 1. The van der Waals surface area contributed by atoms with E-state index in [-0.39, 0.29) is 17.0 Å². The fraction of sp³-hybridized carbons (Fsp3) is 0.500. The van der Waals surface area contributed by atoms with Crippen LogP contribution in [0.2, 0.25) is 0 Å². The van der Waals surface area contributed by atoms with Crippen molar-refractivity contribution in [1.29, 1.82) is 0 Å². The topological polar surface area (TPSA) is 76.4 Å². The molecule has 0 bridgehead atoms. The molecule has 0 radical (unpaired) electrons. The highest BCUT2D eigenvalue weighted by Gasteiger charge is 2.35. The lowest BCUT2D eigenvalue weighted by Gasteiger charge is -2.27. The van der Waals surface area contributed by atoms with Gasteiger partial charge >= 0.3 is 0 Å². The van der Waals surface area contributed by atoms with E-state index < -0.39 is 10.0 Å². The number of aryl methyl sites for hydroxylation is 1. The molecule has 130 valence electrons. The quantitative estimate of drug-likeness (QED) is 0.903. The number of fused-ring (bicyclic) bond motifs is 3. The summed E-state index contributed by atoms with van der Waals surface area (Å²) in [6.45, 7) is 7.76. The van der Waals surface area contributed by atoms with Crippen LogP contribution in [0.25, 0.3) is 11.0 Å². The molecule has 1 aromatic heterocycles. The molecule has 0 spiro atoms. The predicted octanol–water partition coefficient (Wildman–Crippen LogP) is 4.05. The zero-order valence-electron chi connectivity index (χ0n) is 14.5. The molecule has 6 heteroatoms. The number of nitrogens with one attached hydrogen (secondary N) is 1. The summed E-state index contributed by atoms with van der Waals surface area (Å²) in [6, 6.07) is 3.54. The number of carbonyl (C=O) groups is 1. The maximum atomic E-state index is 12.6. The normalized spacial score (nSPS) is 17.1. The smallest absolute Gasteiger partial charge is 0.232 e. The van der Waals surface area contributed by atoms with Crippen LogP contribution in [-0.4, -0.2) is 20.0 Å². The number of ketones is 1. The summed E-state index contributed by atoms with van der Waals surface area (Å²) in [5.74, 6) is 0.839. The Bertz CT molecular complexity index is 922. The van der Waals surface area contributed by atoms with Crippen LogP contribution in [0, 0.1) is 12.3 Å². The first kappa shape index (κ1) is 17.0. The molecule has 0 saturated heterocycles. The van der Waals surface area contributed by atoms with Gasteiger partial charge in [-0.25, -0.2) is 8.42 Å². The molecule has 5 nitrogen and oxygen atoms in total. The van der Waals surface area contributed by atoms with Gasteiger partial charge in [-0.1, -0.05) is 20.8 Å². The standard InChI is InChI=1S/C18H23NO4S/c1-5-6-24(21,22)19-13-8-12-15(7-11(13)2)23-16-10-18(3,4)9-14(20)17(12)16/h7-8,19H,5-6,9-10H2,1-4H3. The fourth-order valence-electron chi connectivity index (χ4n) is 3.34. The number of hydrogen-bond donors (Lipinski definition) is 1. The predicted molar refractivity (Wildman–Crippen MR) is 95.1 cm³/mol. The van der Waals surface area contributed by atoms with Crippen molar-refractivity contribution < 1.29 is 17.6 Å². The first-order valence-electron chi connectivity index (χ1n) is 8.21. The molecule has 3 rings (SSSR count). The largest absolute Gasteiger partial charge is 0.460 e. The Labute approximate surface area is 142 Å². The van der Waals surface area contributed by atoms with Gasteiger partial charge in [0.15, 0.2) is 5.78 Å². The molecular weight excluding hydrogens is 326 g/mol. The number of benzene rings is 1. The summed E-state index contributed by atoms with van der Waals surface area (Å²) in [5, 5.41) is 0.699. The minimum absolute atomic E-state index is 0.0613. The van der Waals surface area contributed by atoms with Gasteiger partial charge in [0.05, 0.1) is 17.0 Å². The molecule has 0 atom stereocenters. The van der Waals surface area contributed by atoms with Crippen molar-refractivity contribution in [1.82, 2.24) is 0 Å². The van der Waals surface area contributed by atoms with E-state index in [2.05, 4.69) is 18.6 Å². The average molecular weight is 349 g/mol. The highest BCUT2D eigenvalue weighted by Crippen LogP contribution is 2.41. The monoisotopic (exact) mass is 349 g/mol. The van der Waals surface area contributed by atoms with Crippen LogP contribution in [-0.2, 0) is 16.4 Å². The molecule has 1 aliphatic rings. The number of furan rings is 1. The molecule has 0 unspecified atom stereocenters. The van der Waals surface area contributed by atoms with Crippen LogP contribution in [0.3, 0.4) is 0 Å². The molecule has 1 heterocycles. The Morgan fingerprint density at radius 3 is 2.62 bits per heavy atom. The maximum absolute atomic E-state index is 12.6. The lowest BCUT2D eigenvalue weighted by molar-refractivity contribution is 0.0906. The van der Waals surface area contributed by atoms with Gasteiger partial charge in [0.25, 0.3) is 0 Å². The molecule has 1 aliphatic carbocycles. The Morgan fingerprint density at radius 2 is 1.96 bits per heavy atom. The summed E-state index contributed by atoms with van der Waals surface area (Å²) in [7, 11) is -3.38. The average Bonchev–Trinajstić information content (AvgIpc) is 2.74. The zero-order chi connectivity index (χ0) is 17.7. The third-order valence-electron chi connectivity index (χ3n) is 4.40. The molecule has 0 saturated carbocycles. The molecular formula is C18H23NO4S. The van der Waals surface area contributed by atoms with Gasteiger partial charge in [0.2, 0.25) is 10.0 Å². The third-order valence-corrected chi connectivity index (χ3v) is 5.88. The van der Waals surface area contributed by atoms with Gasteiger partial charge in [-0.05, 0) is 36.5 Å². The van der Waals surface area contributed by atoms with E-state index in [0.29, 0.717) is 47.2 Å². The van der Waals surface area contributed by atoms with Crippen molar-refractivity contribution in [2.75, 3.05) is 10.5 Å². The second-order valence-corrected chi connectivity index (χ2v) is 9.27. The number of carbonyl (C=O) groups excluding carboxylic acids is 1. The lowest BCUT2D eigenvalue weighted by atomic mass is 9.76. The lowest BCUT2D eigenvalue weighted by Crippen LogP contribution is -2.25. The Hall–Kier alpha value is -1.82. The van der Waals surface area contributed by atoms with Crippen LogP contribution in [0.15, 0.2) is 16.5 Å². The highest BCUT2D eigenvalue weighted by molar-refractivity contribution is 7.92. The van der Waals surface area contributed by atoms with Crippen molar-refractivity contribution in [3.8, 4) is 0 Å². The zero-order valence-corrected chi connectivity index (χ0v) is 15.3. The molecule has 1 N–H and O–H groups in total. The van der Waals surface area contributed by atoms with Crippen molar-refractivity contribution in [2.45, 2.75) is 47.0 Å². The minimum atomic E-state index is -3.38. The summed E-state index contributed by atoms with van der Waals surface area (Å²) < 4.78 is 32.7. The molecule has 2 aromatic rings. The Kier molecular flexibility index (Phi) is 3.98. The molecule has 0 amide bonds. The van der Waals surface area contributed by atoms with Gasteiger partial charge < -0.3 is 4.42 Å². The minimum Gasteiger partial charge on any atom is -0.460 e. The number of Topliss-reactive ketones (excluding diaryl/α,β-unsaturated/α-hetero) is 1. The maximum Gasteiger partial charge on any atom is 0.232 e. The van der Waals surface area contributed by atoms with Gasteiger partial charge in [-0.15, -0.1) is 0 Å². The number of hydrogen-bond acceptors (Lipinski definition) is 4. The summed E-state index contributed by atoms with van der Waals surface area (Å²) >= 11 is 0. The second kappa shape index (κ2) is 5.62. The van der Waals surface area contributed by atoms with Crippen LogP contribution in [0.5, 0.6) is 0 Å². The fourth-order valence-corrected chi connectivity index (χ4v) is 4.54. The molecule has 1 aromatic carbocycles. The van der Waals surface area contributed by atoms with Crippen LogP contribution >= 0.6 is 0 Å². The van der Waals surface area contributed by atoms with E-state index >= 15 is 0 Å². The molecule has 0 aliphatic heterocycles. The number of anilines is 1. The summed E-state index contributed by atoms with van der Waals surface area (Å²) in [5.41, 5.74) is 2.43. The van der Waals surface area contributed by atoms with Gasteiger partial charge in [0.1, 0.15) is 11.3 Å². The van der Waals surface area contributed by atoms with E-state index in [1.165, 1.54) is 0 Å². The summed E-state index contributed by atoms with van der Waals surface area (Å²) in [6.07, 6.45) is 1.73. The van der Waals surface area contributed by atoms with E-state index in [9.17, 15) is 13.2 Å². The Morgan fingerprint density at radius 1 is 1.25 bits per heavy atom. The SMILES string of the molecule is CCCS(=O)(=O)Nc1cc2c3c(oc2cc1C)CC(C)(C)CC3=O. The molecule has 24 heavy (non-hydrogen) atoms. The molecule has 0 fully saturated rings. The van der Waals surface area contributed by atoms with Crippen LogP contribution in [0.4, 0.5) is 5.69 Å². The van der Waals surface area contributed by atoms with Gasteiger partial charge in [-0.2, -0.15) is 0 Å². The van der Waals surface area contributed by atoms with E-state index in [4.69, 9.17) is 4.42 Å².